The molecule has 0 aromatic carbocycles. The number of pyridine rings is 1. The topological polar surface area (TPSA) is 91.2 Å². The molecule has 5 heteroatoms. The summed E-state index contributed by atoms with van der Waals surface area (Å²) >= 11 is 0. The zero-order valence-electron chi connectivity index (χ0n) is 7.93. The molecule has 1 unspecified atom stereocenters. The summed E-state index contributed by atoms with van der Waals surface area (Å²) in [5, 5.41) is 0. The number of anilines is 1. The quantitative estimate of drug-likeness (QED) is 0.646. The smallest absolute Gasteiger partial charge is 0.322 e. The molecular weight excluding hydrogens is 182 g/mol. The summed E-state index contributed by atoms with van der Waals surface area (Å²) < 4.78 is 4.50. The number of esters is 1. The minimum absolute atomic E-state index is 0.340. The maximum absolute atomic E-state index is 11.0. The van der Waals surface area contributed by atoms with E-state index in [9.17, 15) is 4.79 Å². The molecule has 1 atom stereocenters. The van der Waals surface area contributed by atoms with Gasteiger partial charge in [-0.05, 0) is 11.6 Å². The van der Waals surface area contributed by atoms with E-state index in [2.05, 4.69) is 9.72 Å². The number of nitrogens with zero attached hydrogens (tertiary/aromatic N) is 1. The Morgan fingerprint density at radius 3 is 3.00 bits per heavy atom. The fourth-order valence-corrected chi connectivity index (χ4v) is 1.08. The Morgan fingerprint density at radius 1 is 1.71 bits per heavy atom. The summed E-state index contributed by atoms with van der Waals surface area (Å²) in [6.07, 6.45) is 3.52. The molecule has 1 aromatic rings. The highest BCUT2D eigenvalue weighted by Gasteiger charge is 2.15. The highest BCUT2D eigenvalue weighted by Crippen LogP contribution is 2.10. The lowest BCUT2D eigenvalue weighted by Gasteiger charge is -2.10. The van der Waals surface area contributed by atoms with Gasteiger partial charge in [0.2, 0.25) is 0 Å². The van der Waals surface area contributed by atoms with Crippen molar-refractivity contribution in [3.05, 3.63) is 24.0 Å². The second-order valence-corrected chi connectivity index (χ2v) is 2.91. The van der Waals surface area contributed by atoms with Crippen molar-refractivity contribution in [2.75, 3.05) is 12.8 Å². The highest BCUT2D eigenvalue weighted by atomic mass is 16.5. The van der Waals surface area contributed by atoms with Gasteiger partial charge in [-0.3, -0.25) is 9.78 Å². The minimum atomic E-state index is -0.688. The summed E-state index contributed by atoms with van der Waals surface area (Å²) in [4.78, 5) is 14.9. The van der Waals surface area contributed by atoms with Gasteiger partial charge >= 0.3 is 5.97 Å². The van der Waals surface area contributed by atoms with Gasteiger partial charge in [0.05, 0.1) is 7.11 Å². The predicted molar refractivity (Wildman–Crippen MR) is 52.3 cm³/mol. The van der Waals surface area contributed by atoms with Crippen LogP contribution < -0.4 is 11.5 Å². The first kappa shape index (κ1) is 10.5. The van der Waals surface area contributed by atoms with Crippen LogP contribution in [0.1, 0.15) is 5.56 Å². The summed E-state index contributed by atoms with van der Waals surface area (Å²) in [5.41, 5.74) is 12.6. The van der Waals surface area contributed by atoms with Crippen molar-refractivity contribution in [3.63, 3.8) is 0 Å². The van der Waals surface area contributed by atoms with E-state index in [1.165, 1.54) is 7.11 Å². The first-order valence-corrected chi connectivity index (χ1v) is 4.17. The van der Waals surface area contributed by atoms with Crippen LogP contribution in [0.4, 0.5) is 5.69 Å². The van der Waals surface area contributed by atoms with Crippen LogP contribution >= 0.6 is 0 Å². The number of hydrogen-bond donors (Lipinski definition) is 2. The van der Waals surface area contributed by atoms with E-state index in [-0.39, 0.29) is 0 Å². The number of rotatable bonds is 3. The normalized spacial score (nSPS) is 12.1. The number of methoxy groups -OCH3 is 1. The van der Waals surface area contributed by atoms with Crippen molar-refractivity contribution in [2.24, 2.45) is 5.73 Å². The summed E-state index contributed by atoms with van der Waals surface area (Å²) in [6.45, 7) is 0. The van der Waals surface area contributed by atoms with E-state index in [1.54, 1.807) is 18.5 Å². The van der Waals surface area contributed by atoms with Crippen LogP contribution in [0.25, 0.3) is 0 Å². The van der Waals surface area contributed by atoms with Gasteiger partial charge in [0.15, 0.2) is 0 Å². The minimum Gasteiger partial charge on any atom is -0.468 e. The number of carbonyl (C=O) groups is 1. The first-order chi connectivity index (χ1) is 6.65. The largest absolute Gasteiger partial charge is 0.468 e. The molecule has 76 valence electrons. The van der Waals surface area contributed by atoms with Crippen molar-refractivity contribution in [3.8, 4) is 0 Å². The van der Waals surface area contributed by atoms with Gasteiger partial charge in [0.1, 0.15) is 6.04 Å². The number of ether oxygens (including phenoxy) is 1. The highest BCUT2D eigenvalue weighted by molar-refractivity contribution is 5.76. The van der Waals surface area contributed by atoms with Gasteiger partial charge in [-0.15, -0.1) is 0 Å². The van der Waals surface area contributed by atoms with Crippen LogP contribution in [0.2, 0.25) is 0 Å². The van der Waals surface area contributed by atoms with E-state index in [0.29, 0.717) is 12.1 Å². The van der Waals surface area contributed by atoms with Gasteiger partial charge < -0.3 is 16.2 Å². The maximum atomic E-state index is 11.0. The van der Waals surface area contributed by atoms with Crippen LogP contribution in [0, 0.1) is 0 Å². The number of hydrogen-bond acceptors (Lipinski definition) is 5. The molecule has 0 fully saturated rings. The van der Waals surface area contributed by atoms with Crippen molar-refractivity contribution in [1.82, 2.24) is 4.98 Å². The molecule has 0 saturated carbocycles. The second-order valence-electron chi connectivity index (χ2n) is 2.91. The van der Waals surface area contributed by atoms with Gasteiger partial charge in [-0.2, -0.15) is 0 Å². The molecule has 0 aliphatic heterocycles. The lowest BCUT2D eigenvalue weighted by atomic mass is 10.1. The summed E-state index contributed by atoms with van der Waals surface area (Å²) in [7, 11) is 1.30. The Bertz CT molecular complexity index is 328. The van der Waals surface area contributed by atoms with Crippen molar-refractivity contribution in [2.45, 2.75) is 12.5 Å². The standard InChI is InChI=1S/C9H13N3O2/c1-14-9(13)8(11)4-6-5-12-3-2-7(6)10/h2-3,5,8H,4,11H2,1H3,(H2,10,12). The summed E-state index contributed by atoms with van der Waals surface area (Å²) in [5.74, 6) is -0.451. The zero-order chi connectivity index (χ0) is 10.6. The summed E-state index contributed by atoms with van der Waals surface area (Å²) in [6, 6.07) is 0.978. The number of nitrogen functional groups attached to an aromatic ring is 1. The fraction of sp³-hybridized carbons (Fsp3) is 0.333. The van der Waals surface area contributed by atoms with Gasteiger partial charge in [-0.1, -0.05) is 0 Å². The molecule has 1 heterocycles. The van der Waals surface area contributed by atoms with Crippen LogP contribution in [0.3, 0.4) is 0 Å². The molecule has 0 radical (unpaired) electrons. The van der Waals surface area contributed by atoms with Gasteiger partial charge in [-0.25, -0.2) is 0 Å². The van der Waals surface area contributed by atoms with Crippen LogP contribution in [-0.2, 0) is 16.0 Å². The Hall–Kier alpha value is -1.62. The molecule has 5 nitrogen and oxygen atoms in total. The molecule has 4 N–H and O–H groups in total. The van der Waals surface area contributed by atoms with E-state index < -0.39 is 12.0 Å². The van der Waals surface area contributed by atoms with Crippen LogP contribution in [0.5, 0.6) is 0 Å². The molecule has 0 aliphatic rings. The molecule has 1 aromatic heterocycles. The number of carbonyl (C=O) groups excluding carboxylic acids is 1. The van der Waals surface area contributed by atoms with Crippen molar-refractivity contribution in [1.29, 1.82) is 0 Å². The average molecular weight is 195 g/mol. The average Bonchev–Trinajstić information content (AvgIpc) is 2.20. The Balaban J connectivity index is 2.69. The van der Waals surface area contributed by atoms with Gasteiger partial charge in [0.25, 0.3) is 0 Å². The van der Waals surface area contributed by atoms with Crippen LogP contribution in [0.15, 0.2) is 18.5 Å². The SMILES string of the molecule is COC(=O)C(N)Cc1cnccc1N. The number of nitrogens with two attached hydrogens (primary N) is 2. The van der Waals surface area contributed by atoms with E-state index in [1.807, 2.05) is 0 Å². The predicted octanol–water partition coefficient (Wildman–Crippen LogP) is -0.293. The molecule has 0 aliphatic carbocycles. The molecule has 0 bridgehead atoms. The van der Waals surface area contributed by atoms with Crippen molar-refractivity contribution >= 4 is 11.7 Å². The Labute approximate surface area is 82.1 Å². The van der Waals surface area contributed by atoms with Crippen molar-refractivity contribution < 1.29 is 9.53 Å². The molecule has 0 amide bonds. The van der Waals surface area contributed by atoms with Crippen LogP contribution in [-0.4, -0.2) is 24.1 Å². The number of aromatic nitrogens is 1. The molecule has 0 saturated heterocycles. The molecule has 0 spiro atoms. The molecular formula is C9H13N3O2. The van der Waals surface area contributed by atoms with Gasteiger partial charge in [0, 0.05) is 24.5 Å². The lowest BCUT2D eigenvalue weighted by molar-refractivity contribution is -0.142. The molecule has 14 heavy (non-hydrogen) atoms. The zero-order valence-corrected chi connectivity index (χ0v) is 7.93. The third-order valence-electron chi connectivity index (χ3n) is 1.89. The van der Waals surface area contributed by atoms with E-state index >= 15 is 0 Å². The third-order valence-corrected chi connectivity index (χ3v) is 1.89. The Morgan fingerprint density at radius 2 is 2.43 bits per heavy atom. The third kappa shape index (κ3) is 2.43. The Kier molecular flexibility index (Phi) is 3.41. The molecule has 1 rings (SSSR count). The van der Waals surface area contributed by atoms with E-state index in [4.69, 9.17) is 11.5 Å². The lowest BCUT2D eigenvalue weighted by Crippen LogP contribution is -2.33. The van der Waals surface area contributed by atoms with E-state index in [0.717, 1.165) is 5.56 Å². The maximum Gasteiger partial charge on any atom is 0.322 e. The first-order valence-electron chi connectivity index (χ1n) is 4.17. The monoisotopic (exact) mass is 195 g/mol. The second kappa shape index (κ2) is 4.57. The fourth-order valence-electron chi connectivity index (χ4n) is 1.08.